The largest absolute Gasteiger partial charge is 0.494 e. The maximum Gasteiger partial charge on any atom is 0.168 e. The van der Waals surface area contributed by atoms with E-state index in [1.165, 1.54) is 160 Å². The van der Waals surface area contributed by atoms with Crippen LogP contribution in [-0.4, -0.2) is 6.61 Å². The lowest BCUT2D eigenvalue weighted by molar-refractivity contribution is -0.697. The molecule has 0 unspecified atom stereocenters. The summed E-state index contributed by atoms with van der Waals surface area (Å²) in [5.41, 5.74) is 3.15. The number of pyridine rings is 1. The molecule has 0 spiro atoms. The second-order valence-corrected chi connectivity index (χ2v) is 14.2. The van der Waals surface area contributed by atoms with Crippen molar-refractivity contribution in [2.45, 2.75) is 174 Å². The van der Waals surface area contributed by atoms with Crippen molar-refractivity contribution in [2.75, 3.05) is 6.61 Å². The van der Waals surface area contributed by atoms with Crippen molar-refractivity contribution >= 4 is 11.4 Å². The first-order chi connectivity index (χ1) is 24.3. The van der Waals surface area contributed by atoms with E-state index in [9.17, 15) is 0 Å². The molecular weight excluding hydrogens is 599 g/mol. The molecule has 1 heterocycles. The Morgan fingerprint density at radius 1 is 0.449 bits per heavy atom. The maximum absolute atomic E-state index is 5.97. The van der Waals surface area contributed by atoms with Crippen LogP contribution in [0.4, 0.5) is 11.4 Å². The van der Waals surface area contributed by atoms with Crippen LogP contribution < -0.4 is 9.30 Å². The fourth-order valence-corrected chi connectivity index (χ4v) is 6.56. The molecule has 0 radical (unpaired) electrons. The summed E-state index contributed by atoms with van der Waals surface area (Å²) in [5, 5.41) is 8.84. The van der Waals surface area contributed by atoms with Gasteiger partial charge in [0.05, 0.1) is 18.0 Å². The summed E-state index contributed by atoms with van der Waals surface area (Å²) >= 11 is 0. The van der Waals surface area contributed by atoms with Crippen LogP contribution >= 0.6 is 0 Å². The normalized spacial score (nSPS) is 11.4. The predicted octanol–water partition coefficient (Wildman–Crippen LogP) is 14.4. The number of nitrogens with zero attached hydrogens (tertiary/aromatic N) is 3. The zero-order valence-electron chi connectivity index (χ0n) is 31.3. The SMILES string of the molecule is CCCCCCCCc1ccc(N=Nc2ccc(OCCCCCCCCCCCCCCCCCCCC[n+]3ccccc3)cc2)cc1. The summed E-state index contributed by atoms with van der Waals surface area (Å²) in [6.45, 7) is 4.23. The molecule has 3 rings (SSSR count). The number of ether oxygens (including phenoxy) is 1. The molecule has 0 aliphatic carbocycles. The third-order valence-electron chi connectivity index (χ3n) is 9.73. The zero-order chi connectivity index (χ0) is 34.3. The summed E-state index contributed by atoms with van der Waals surface area (Å²) in [6.07, 6.45) is 38.4. The highest BCUT2D eigenvalue weighted by Gasteiger charge is 2.00. The molecule has 0 aliphatic rings. The van der Waals surface area contributed by atoms with Gasteiger partial charge in [-0.1, -0.05) is 154 Å². The van der Waals surface area contributed by atoms with Crippen molar-refractivity contribution in [3.05, 3.63) is 84.7 Å². The van der Waals surface area contributed by atoms with Crippen LogP contribution in [0.15, 0.2) is 89.4 Å². The third-order valence-corrected chi connectivity index (χ3v) is 9.73. The lowest BCUT2D eigenvalue weighted by atomic mass is 10.0. The van der Waals surface area contributed by atoms with E-state index in [1.807, 2.05) is 24.3 Å². The van der Waals surface area contributed by atoms with Crippen LogP contribution in [0, 0.1) is 0 Å². The summed E-state index contributed by atoms with van der Waals surface area (Å²) in [7, 11) is 0. The fraction of sp³-hybridized carbons (Fsp3) is 0.622. The lowest BCUT2D eigenvalue weighted by Crippen LogP contribution is -2.32. The Morgan fingerprint density at radius 3 is 1.39 bits per heavy atom. The minimum Gasteiger partial charge on any atom is -0.494 e. The molecule has 270 valence electrons. The topological polar surface area (TPSA) is 37.8 Å². The third kappa shape index (κ3) is 21.6. The van der Waals surface area contributed by atoms with Gasteiger partial charge in [-0.3, -0.25) is 0 Å². The highest BCUT2D eigenvalue weighted by atomic mass is 16.5. The first-order valence-electron chi connectivity index (χ1n) is 20.5. The molecule has 0 saturated heterocycles. The van der Waals surface area contributed by atoms with Gasteiger partial charge in [-0.2, -0.15) is 10.2 Å². The molecule has 0 aliphatic heterocycles. The number of aromatic nitrogens is 1. The highest BCUT2D eigenvalue weighted by Crippen LogP contribution is 2.23. The molecule has 0 bridgehead atoms. The number of benzene rings is 2. The van der Waals surface area contributed by atoms with E-state index in [0.29, 0.717) is 0 Å². The van der Waals surface area contributed by atoms with Gasteiger partial charge in [-0.25, -0.2) is 4.57 Å². The van der Waals surface area contributed by atoms with E-state index >= 15 is 0 Å². The Kier molecular flexibility index (Phi) is 23.7. The first-order valence-corrected chi connectivity index (χ1v) is 20.5. The monoisotopic (exact) mass is 669 g/mol. The van der Waals surface area contributed by atoms with E-state index in [1.54, 1.807) is 0 Å². The highest BCUT2D eigenvalue weighted by molar-refractivity contribution is 5.43. The second-order valence-electron chi connectivity index (χ2n) is 14.2. The summed E-state index contributed by atoms with van der Waals surface area (Å²) in [4.78, 5) is 0. The minimum absolute atomic E-state index is 0.792. The molecule has 0 atom stereocenters. The zero-order valence-corrected chi connectivity index (χ0v) is 31.3. The quantitative estimate of drug-likeness (QED) is 0.0382. The first kappa shape index (κ1) is 40.4. The Hall–Kier alpha value is -3.01. The number of rotatable bonds is 31. The molecule has 0 saturated carbocycles. The van der Waals surface area contributed by atoms with Crippen LogP contribution in [0.2, 0.25) is 0 Å². The van der Waals surface area contributed by atoms with Gasteiger partial charge >= 0.3 is 0 Å². The number of aryl methyl sites for hydroxylation is 2. The molecular formula is C45H70N3O+. The van der Waals surface area contributed by atoms with Gasteiger partial charge in [0.25, 0.3) is 0 Å². The minimum atomic E-state index is 0.792. The fourth-order valence-electron chi connectivity index (χ4n) is 6.56. The molecule has 49 heavy (non-hydrogen) atoms. The van der Waals surface area contributed by atoms with Crippen molar-refractivity contribution in [2.24, 2.45) is 10.2 Å². The average molecular weight is 669 g/mol. The van der Waals surface area contributed by atoms with E-state index < -0.39 is 0 Å². The predicted molar refractivity (Wildman–Crippen MR) is 209 cm³/mol. The molecule has 0 amide bonds. The maximum atomic E-state index is 5.97. The average Bonchev–Trinajstić information content (AvgIpc) is 3.14. The van der Waals surface area contributed by atoms with Gasteiger partial charge in [-0.15, -0.1) is 0 Å². The van der Waals surface area contributed by atoms with Gasteiger partial charge < -0.3 is 4.74 Å². The van der Waals surface area contributed by atoms with Crippen molar-refractivity contribution < 1.29 is 9.30 Å². The summed E-state index contributed by atoms with van der Waals surface area (Å²) < 4.78 is 8.27. The number of hydrogen-bond donors (Lipinski definition) is 0. The molecule has 0 N–H and O–H groups in total. The molecule has 3 aromatic rings. The smallest absolute Gasteiger partial charge is 0.168 e. The van der Waals surface area contributed by atoms with Crippen LogP contribution in [0.3, 0.4) is 0 Å². The number of hydrogen-bond acceptors (Lipinski definition) is 3. The van der Waals surface area contributed by atoms with Gasteiger partial charge in [0.15, 0.2) is 12.4 Å². The van der Waals surface area contributed by atoms with Gasteiger partial charge in [-0.05, 0) is 67.6 Å². The van der Waals surface area contributed by atoms with Crippen LogP contribution in [0.1, 0.15) is 167 Å². The molecule has 0 fully saturated rings. The van der Waals surface area contributed by atoms with E-state index in [-0.39, 0.29) is 0 Å². The van der Waals surface area contributed by atoms with E-state index in [0.717, 1.165) is 36.6 Å². The Labute approximate surface area is 301 Å². The van der Waals surface area contributed by atoms with Crippen molar-refractivity contribution in [3.63, 3.8) is 0 Å². The summed E-state index contributed by atoms with van der Waals surface area (Å²) in [6, 6.07) is 22.9. The Bertz CT molecular complexity index is 1180. The Morgan fingerprint density at radius 2 is 0.878 bits per heavy atom. The number of azo groups is 1. The standard InChI is InChI=1S/C45H70N3O/c1-2-3-4-5-20-24-29-42-30-32-43(33-31-42)46-47-44-34-36-45(37-35-44)49-41-28-22-19-17-15-13-11-9-7-6-8-10-12-14-16-18-21-25-38-48-39-26-23-27-40-48/h23,26-27,30-37,39-40H,2-22,24-25,28-29,38,41H2,1H3/q+1. The summed E-state index contributed by atoms with van der Waals surface area (Å²) in [5.74, 6) is 0.919. The van der Waals surface area contributed by atoms with Crippen molar-refractivity contribution in [1.82, 2.24) is 0 Å². The molecule has 1 aromatic heterocycles. The van der Waals surface area contributed by atoms with Gasteiger partial charge in [0.1, 0.15) is 12.3 Å². The Balaban J connectivity index is 1.05. The van der Waals surface area contributed by atoms with Gasteiger partial charge in [0.2, 0.25) is 0 Å². The van der Waals surface area contributed by atoms with Crippen molar-refractivity contribution in [1.29, 1.82) is 0 Å². The molecule has 2 aromatic carbocycles. The van der Waals surface area contributed by atoms with E-state index in [2.05, 4.69) is 76.6 Å². The van der Waals surface area contributed by atoms with Crippen LogP contribution in [0.5, 0.6) is 5.75 Å². The van der Waals surface area contributed by atoms with Crippen LogP contribution in [-0.2, 0) is 13.0 Å². The van der Waals surface area contributed by atoms with Crippen LogP contribution in [0.25, 0.3) is 0 Å². The van der Waals surface area contributed by atoms with E-state index in [4.69, 9.17) is 4.74 Å². The lowest BCUT2D eigenvalue weighted by Gasteiger charge is -2.06. The second kappa shape index (κ2) is 28.8. The number of unbranched alkanes of at least 4 members (excludes halogenated alkanes) is 22. The van der Waals surface area contributed by atoms with Crippen molar-refractivity contribution in [3.8, 4) is 5.75 Å². The molecule has 4 nitrogen and oxygen atoms in total. The molecule has 4 heteroatoms. The van der Waals surface area contributed by atoms with Gasteiger partial charge in [0, 0.05) is 18.6 Å².